The standard InChI is InChI=1S/C18H21ClN2O5S/c1-25-10-4-9-20-27(23,24)15-7-8-17(26-2)16(12-15)21-18(22)13-5-3-6-14(19)11-13/h3,5-8,11-12,20H,4,9-10H2,1-2H3,(H,21,22). The van der Waals surface area contributed by atoms with Crippen LogP contribution in [0.2, 0.25) is 5.02 Å². The summed E-state index contributed by atoms with van der Waals surface area (Å²) in [6.45, 7) is 0.693. The highest BCUT2D eigenvalue weighted by atomic mass is 35.5. The van der Waals surface area contributed by atoms with Crippen molar-refractivity contribution in [2.45, 2.75) is 11.3 Å². The Labute approximate surface area is 163 Å². The van der Waals surface area contributed by atoms with Crippen LogP contribution < -0.4 is 14.8 Å². The fourth-order valence-electron chi connectivity index (χ4n) is 2.28. The van der Waals surface area contributed by atoms with Gasteiger partial charge in [-0.15, -0.1) is 0 Å². The van der Waals surface area contributed by atoms with Gasteiger partial charge in [0.1, 0.15) is 5.75 Å². The first-order valence-corrected chi connectivity index (χ1v) is 9.97. The zero-order valence-electron chi connectivity index (χ0n) is 15.0. The van der Waals surface area contributed by atoms with E-state index in [2.05, 4.69) is 10.0 Å². The Kier molecular flexibility index (Phi) is 7.61. The summed E-state index contributed by atoms with van der Waals surface area (Å²) in [7, 11) is -0.748. The van der Waals surface area contributed by atoms with Crippen LogP contribution in [0, 0.1) is 0 Å². The molecule has 0 saturated heterocycles. The number of ether oxygens (including phenoxy) is 2. The third-order valence-electron chi connectivity index (χ3n) is 3.63. The molecule has 0 bridgehead atoms. The maximum atomic E-state index is 12.4. The number of carbonyl (C=O) groups is 1. The lowest BCUT2D eigenvalue weighted by atomic mass is 10.2. The minimum Gasteiger partial charge on any atom is -0.495 e. The van der Waals surface area contributed by atoms with Crippen LogP contribution in [0.15, 0.2) is 47.4 Å². The maximum absolute atomic E-state index is 12.4. The Morgan fingerprint density at radius 2 is 1.93 bits per heavy atom. The van der Waals surface area contributed by atoms with Crippen molar-refractivity contribution in [3.8, 4) is 5.75 Å². The van der Waals surface area contributed by atoms with Crippen LogP contribution in [0.4, 0.5) is 5.69 Å². The molecule has 9 heteroatoms. The molecule has 2 aromatic rings. The predicted octanol–water partition coefficient (Wildman–Crippen LogP) is 2.92. The Hall–Kier alpha value is -2.13. The van der Waals surface area contributed by atoms with Crippen molar-refractivity contribution >= 4 is 33.2 Å². The third-order valence-corrected chi connectivity index (χ3v) is 5.33. The molecule has 2 N–H and O–H groups in total. The van der Waals surface area contributed by atoms with Crippen LogP contribution in [0.5, 0.6) is 5.75 Å². The number of nitrogens with one attached hydrogen (secondary N) is 2. The molecule has 0 heterocycles. The molecule has 0 unspecified atom stereocenters. The number of anilines is 1. The van der Waals surface area contributed by atoms with E-state index < -0.39 is 15.9 Å². The fourth-order valence-corrected chi connectivity index (χ4v) is 3.57. The summed E-state index contributed by atoms with van der Waals surface area (Å²) < 4.78 is 37.4. The molecule has 0 spiro atoms. The van der Waals surface area contributed by atoms with E-state index in [1.807, 2.05) is 0 Å². The normalized spacial score (nSPS) is 11.2. The second kappa shape index (κ2) is 9.70. The van der Waals surface area contributed by atoms with Gasteiger partial charge in [-0.05, 0) is 42.8 Å². The van der Waals surface area contributed by atoms with E-state index in [4.69, 9.17) is 21.1 Å². The highest BCUT2D eigenvalue weighted by Gasteiger charge is 2.18. The predicted molar refractivity (Wildman–Crippen MR) is 104 cm³/mol. The van der Waals surface area contributed by atoms with Crippen molar-refractivity contribution in [3.63, 3.8) is 0 Å². The van der Waals surface area contributed by atoms with E-state index in [-0.39, 0.29) is 17.1 Å². The number of halogens is 1. The average Bonchev–Trinajstić information content (AvgIpc) is 2.65. The van der Waals surface area contributed by atoms with Gasteiger partial charge in [-0.25, -0.2) is 13.1 Å². The van der Waals surface area contributed by atoms with Gasteiger partial charge in [0.2, 0.25) is 10.0 Å². The van der Waals surface area contributed by atoms with Crippen molar-refractivity contribution in [3.05, 3.63) is 53.1 Å². The third kappa shape index (κ3) is 5.93. The molecule has 27 heavy (non-hydrogen) atoms. The number of amides is 1. The van der Waals surface area contributed by atoms with Gasteiger partial charge >= 0.3 is 0 Å². The second-order valence-electron chi connectivity index (χ2n) is 5.57. The molecule has 0 fully saturated rings. The summed E-state index contributed by atoms with van der Waals surface area (Å²) in [4.78, 5) is 12.5. The lowest BCUT2D eigenvalue weighted by Gasteiger charge is -2.13. The molecule has 7 nitrogen and oxygen atoms in total. The SMILES string of the molecule is COCCCNS(=O)(=O)c1ccc(OC)c(NC(=O)c2cccc(Cl)c2)c1. The van der Waals surface area contributed by atoms with Gasteiger partial charge in [-0.1, -0.05) is 17.7 Å². The Bertz CT molecular complexity index is 902. The fraction of sp³-hybridized carbons (Fsp3) is 0.278. The maximum Gasteiger partial charge on any atom is 0.255 e. The summed E-state index contributed by atoms with van der Waals surface area (Å²) >= 11 is 5.91. The van der Waals surface area contributed by atoms with Crippen LogP contribution in [0.3, 0.4) is 0 Å². The summed E-state index contributed by atoms with van der Waals surface area (Å²) in [6.07, 6.45) is 0.546. The molecule has 146 valence electrons. The van der Waals surface area contributed by atoms with Crippen molar-refractivity contribution in [1.82, 2.24) is 4.72 Å². The summed E-state index contributed by atoms with van der Waals surface area (Å²) in [5, 5.41) is 3.08. The molecule has 0 atom stereocenters. The van der Waals surface area contributed by atoms with E-state index in [1.165, 1.54) is 31.4 Å². The monoisotopic (exact) mass is 412 g/mol. The lowest BCUT2D eigenvalue weighted by molar-refractivity contribution is 0.102. The number of hydrogen-bond donors (Lipinski definition) is 2. The smallest absolute Gasteiger partial charge is 0.255 e. The first kappa shape index (κ1) is 21.2. The van der Waals surface area contributed by atoms with Gasteiger partial charge < -0.3 is 14.8 Å². The quantitative estimate of drug-likeness (QED) is 0.617. The topological polar surface area (TPSA) is 93.7 Å². The minimum atomic E-state index is -3.73. The molecule has 0 aromatic heterocycles. The number of rotatable bonds is 9. The molecule has 1 amide bonds. The Balaban J connectivity index is 2.23. The molecule has 2 aromatic carbocycles. The summed E-state index contributed by atoms with van der Waals surface area (Å²) in [5.74, 6) is -0.0953. The number of methoxy groups -OCH3 is 2. The second-order valence-corrected chi connectivity index (χ2v) is 7.77. The van der Waals surface area contributed by atoms with Gasteiger partial charge in [-0.2, -0.15) is 0 Å². The zero-order valence-corrected chi connectivity index (χ0v) is 16.6. The number of benzene rings is 2. The highest BCUT2D eigenvalue weighted by Crippen LogP contribution is 2.28. The first-order chi connectivity index (χ1) is 12.9. The summed E-state index contributed by atoms with van der Waals surface area (Å²) in [5.41, 5.74) is 0.581. The van der Waals surface area contributed by atoms with E-state index in [0.717, 1.165) is 0 Å². The first-order valence-electron chi connectivity index (χ1n) is 8.11. The van der Waals surface area contributed by atoms with Gasteiger partial charge in [0.25, 0.3) is 5.91 Å². The van der Waals surface area contributed by atoms with Gasteiger partial charge in [0, 0.05) is 30.8 Å². The number of hydrogen-bond acceptors (Lipinski definition) is 5. The minimum absolute atomic E-state index is 0.0158. The summed E-state index contributed by atoms with van der Waals surface area (Å²) in [6, 6.07) is 10.7. The Morgan fingerprint density at radius 3 is 2.59 bits per heavy atom. The van der Waals surface area contributed by atoms with Gasteiger partial charge in [0.15, 0.2) is 0 Å². The number of carbonyl (C=O) groups excluding carboxylic acids is 1. The van der Waals surface area contributed by atoms with Crippen molar-refractivity contribution in [2.75, 3.05) is 32.7 Å². The van der Waals surface area contributed by atoms with Crippen LogP contribution in [-0.2, 0) is 14.8 Å². The van der Waals surface area contributed by atoms with Crippen molar-refractivity contribution in [2.24, 2.45) is 0 Å². The largest absolute Gasteiger partial charge is 0.495 e. The van der Waals surface area contributed by atoms with E-state index in [0.29, 0.717) is 29.4 Å². The molecule has 0 radical (unpaired) electrons. The molecule has 2 rings (SSSR count). The van der Waals surface area contributed by atoms with Crippen LogP contribution in [-0.4, -0.2) is 41.7 Å². The molecule has 0 aliphatic heterocycles. The van der Waals surface area contributed by atoms with E-state index in [9.17, 15) is 13.2 Å². The molecular weight excluding hydrogens is 392 g/mol. The van der Waals surface area contributed by atoms with E-state index >= 15 is 0 Å². The molecule has 0 aliphatic carbocycles. The molecular formula is C18H21ClN2O5S. The van der Waals surface area contributed by atoms with E-state index in [1.54, 1.807) is 25.3 Å². The number of sulfonamides is 1. The van der Waals surface area contributed by atoms with Crippen molar-refractivity contribution < 1.29 is 22.7 Å². The Morgan fingerprint density at radius 1 is 1.15 bits per heavy atom. The lowest BCUT2D eigenvalue weighted by Crippen LogP contribution is -2.25. The van der Waals surface area contributed by atoms with Gasteiger partial charge in [-0.3, -0.25) is 4.79 Å². The van der Waals surface area contributed by atoms with Crippen LogP contribution in [0.25, 0.3) is 0 Å². The van der Waals surface area contributed by atoms with Gasteiger partial charge in [0.05, 0.1) is 17.7 Å². The average molecular weight is 413 g/mol. The molecule has 0 saturated carbocycles. The zero-order chi connectivity index (χ0) is 19.9. The van der Waals surface area contributed by atoms with Crippen molar-refractivity contribution in [1.29, 1.82) is 0 Å². The molecule has 0 aliphatic rings. The highest BCUT2D eigenvalue weighted by molar-refractivity contribution is 7.89. The van der Waals surface area contributed by atoms with Crippen LogP contribution >= 0.6 is 11.6 Å². The van der Waals surface area contributed by atoms with Crippen LogP contribution in [0.1, 0.15) is 16.8 Å².